The number of para-hydroxylation sites is 1. The molecule has 0 saturated heterocycles. The van der Waals surface area contributed by atoms with E-state index in [9.17, 15) is 9.59 Å². The van der Waals surface area contributed by atoms with Crippen LogP contribution in [0.5, 0.6) is 17.2 Å². The Balaban J connectivity index is 1.72. The Labute approximate surface area is 141 Å². The molecule has 2 aliphatic rings. The Morgan fingerprint density at radius 3 is 2.60 bits per heavy atom. The van der Waals surface area contributed by atoms with Gasteiger partial charge in [-0.25, -0.2) is 0 Å². The topological polar surface area (TPSA) is 75.0 Å². The second-order valence-corrected chi connectivity index (χ2v) is 5.99. The SMILES string of the molecule is O=C1C[C@H](c2coc3ccccc3c2=O)c2cc3c(cc2O1)OCO3. The Morgan fingerprint density at radius 1 is 0.920 bits per heavy atom. The van der Waals surface area contributed by atoms with E-state index >= 15 is 0 Å². The molecule has 2 aromatic carbocycles. The molecule has 0 bridgehead atoms. The molecule has 0 N–H and O–H groups in total. The second kappa shape index (κ2) is 5.11. The maximum Gasteiger partial charge on any atom is 0.312 e. The first-order chi connectivity index (χ1) is 12.2. The van der Waals surface area contributed by atoms with Crippen LogP contribution in [0.15, 0.2) is 51.9 Å². The van der Waals surface area contributed by atoms with E-state index in [2.05, 4.69) is 0 Å². The van der Waals surface area contributed by atoms with Gasteiger partial charge in [-0.3, -0.25) is 9.59 Å². The van der Waals surface area contributed by atoms with Gasteiger partial charge < -0.3 is 18.6 Å². The maximum atomic E-state index is 12.9. The third kappa shape index (κ3) is 2.11. The molecule has 2 aliphatic heterocycles. The molecular formula is C19H12O6. The molecule has 0 spiro atoms. The van der Waals surface area contributed by atoms with E-state index in [1.54, 1.807) is 36.4 Å². The molecule has 25 heavy (non-hydrogen) atoms. The number of benzene rings is 2. The maximum absolute atomic E-state index is 12.9. The minimum absolute atomic E-state index is 0.0652. The van der Waals surface area contributed by atoms with Crippen LogP contribution in [0.1, 0.15) is 23.5 Å². The van der Waals surface area contributed by atoms with Crippen molar-refractivity contribution in [3.05, 3.63) is 64.0 Å². The van der Waals surface area contributed by atoms with Gasteiger partial charge in [0, 0.05) is 23.1 Å². The van der Waals surface area contributed by atoms with Gasteiger partial charge >= 0.3 is 5.97 Å². The van der Waals surface area contributed by atoms with Crippen molar-refractivity contribution < 1.29 is 23.4 Å². The molecule has 0 saturated carbocycles. The Hall–Kier alpha value is -3.28. The van der Waals surface area contributed by atoms with E-state index in [4.69, 9.17) is 18.6 Å². The van der Waals surface area contributed by atoms with Gasteiger partial charge in [0.1, 0.15) is 11.3 Å². The largest absolute Gasteiger partial charge is 0.464 e. The second-order valence-electron chi connectivity index (χ2n) is 5.99. The van der Waals surface area contributed by atoms with Crippen LogP contribution in [0.25, 0.3) is 11.0 Å². The summed E-state index contributed by atoms with van der Waals surface area (Å²) < 4.78 is 21.7. The van der Waals surface area contributed by atoms with Crippen LogP contribution in [0.4, 0.5) is 0 Å². The molecule has 3 heterocycles. The number of carbonyl (C=O) groups excluding carboxylic acids is 1. The molecule has 0 radical (unpaired) electrons. The van der Waals surface area contributed by atoms with E-state index in [-0.39, 0.29) is 18.6 Å². The van der Waals surface area contributed by atoms with Gasteiger partial charge in [-0.05, 0) is 18.2 Å². The zero-order valence-electron chi connectivity index (χ0n) is 13.0. The van der Waals surface area contributed by atoms with Crippen molar-refractivity contribution in [2.75, 3.05) is 6.79 Å². The lowest BCUT2D eigenvalue weighted by molar-refractivity contribution is -0.135. The summed E-state index contributed by atoms with van der Waals surface area (Å²) in [6.07, 6.45) is 1.50. The van der Waals surface area contributed by atoms with Crippen molar-refractivity contribution in [2.24, 2.45) is 0 Å². The fourth-order valence-electron chi connectivity index (χ4n) is 3.35. The van der Waals surface area contributed by atoms with E-state index in [1.807, 2.05) is 0 Å². The zero-order chi connectivity index (χ0) is 17.0. The molecule has 0 amide bonds. The molecule has 6 heteroatoms. The van der Waals surface area contributed by atoms with Crippen LogP contribution in [0.3, 0.4) is 0 Å². The molecule has 1 aromatic heterocycles. The van der Waals surface area contributed by atoms with Crippen molar-refractivity contribution in [1.29, 1.82) is 0 Å². The summed E-state index contributed by atoms with van der Waals surface area (Å²) in [5.41, 5.74) is 1.51. The molecule has 6 nitrogen and oxygen atoms in total. The number of rotatable bonds is 1. The summed E-state index contributed by atoms with van der Waals surface area (Å²) in [4.78, 5) is 25.0. The molecule has 3 aromatic rings. The van der Waals surface area contributed by atoms with E-state index in [0.717, 1.165) is 0 Å². The average Bonchev–Trinajstić information content (AvgIpc) is 3.07. The van der Waals surface area contributed by atoms with E-state index in [1.165, 1.54) is 6.26 Å². The lowest BCUT2D eigenvalue weighted by Gasteiger charge is -2.24. The summed E-state index contributed by atoms with van der Waals surface area (Å²) in [5, 5.41) is 0.487. The zero-order valence-corrected chi connectivity index (χ0v) is 13.0. The van der Waals surface area contributed by atoms with Gasteiger partial charge in [0.05, 0.1) is 18.1 Å². The Morgan fingerprint density at radius 2 is 1.72 bits per heavy atom. The van der Waals surface area contributed by atoms with Gasteiger partial charge in [-0.1, -0.05) is 12.1 Å². The van der Waals surface area contributed by atoms with Gasteiger partial charge in [0.25, 0.3) is 0 Å². The van der Waals surface area contributed by atoms with Crippen LogP contribution in [0, 0.1) is 0 Å². The first-order valence-corrected chi connectivity index (χ1v) is 7.85. The van der Waals surface area contributed by atoms with E-state index in [0.29, 0.717) is 39.3 Å². The normalized spacial score (nSPS) is 18.1. The predicted octanol–water partition coefficient (Wildman–Crippen LogP) is 2.96. The summed E-state index contributed by atoms with van der Waals surface area (Å²) in [7, 11) is 0. The highest BCUT2D eigenvalue weighted by molar-refractivity contribution is 5.80. The fourth-order valence-corrected chi connectivity index (χ4v) is 3.35. The molecule has 0 unspecified atom stereocenters. The number of esters is 1. The third-order valence-electron chi connectivity index (χ3n) is 4.56. The van der Waals surface area contributed by atoms with Crippen LogP contribution >= 0.6 is 0 Å². The third-order valence-corrected chi connectivity index (χ3v) is 4.56. The van der Waals surface area contributed by atoms with Crippen molar-refractivity contribution in [1.82, 2.24) is 0 Å². The van der Waals surface area contributed by atoms with Crippen molar-refractivity contribution in [2.45, 2.75) is 12.3 Å². The van der Waals surface area contributed by atoms with Crippen LogP contribution in [-0.2, 0) is 4.79 Å². The van der Waals surface area contributed by atoms with Crippen molar-refractivity contribution in [3.8, 4) is 17.2 Å². The molecule has 124 valence electrons. The number of carbonyl (C=O) groups is 1. The summed E-state index contributed by atoms with van der Waals surface area (Å²) in [6, 6.07) is 10.4. The molecule has 0 fully saturated rings. The standard InChI is InChI=1S/C19H12O6/c20-18-6-11(12-5-16-17(24-9-23-16)7-15(12)25-18)13-8-22-14-4-2-1-3-10(14)19(13)21/h1-5,7-8,11H,6,9H2/t11-/m0/s1. The quantitative estimate of drug-likeness (QED) is 0.502. The number of hydrogen-bond donors (Lipinski definition) is 0. The predicted molar refractivity (Wildman–Crippen MR) is 87.1 cm³/mol. The summed E-state index contributed by atoms with van der Waals surface area (Å²) >= 11 is 0. The lowest BCUT2D eigenvalue weighted by Crippen LogP contribution is -2.24. The highest BCUT2D eigenvalue weighted by Crippen LogP contribution is 2.45. The van der Waals surface area contributed by atoms with Crippen LogP contribution in [0.2, 0.25) is 0 Å². The van der Waals surface area contributed by atoms with Crippen LogP contribution in [-0.4, -0.2) is 12.8 Å². The number of fused-ring (bicyclic) bond motifs is 3. The number of ether oxygens (including phenoxy) is 3. The molecular weight excluding hydrogens is 324 g/mol. The smallest absolute Gasteiger partial charge is 0.312 e. The minimum Gasteiger partial charge on any atom is -0.464 e. The van der Waals surface area contributed by atoms with E-state index < -0.39 is 11.9 Å². The molecule has 5 rings (SSSR count). The Kier molecular flexibility index (Phi) is 2.88. The molecule has 0 aliphatic carbocycles. The highest BCUT2D eigenvalue weighted by atomic mass is 16.7. The van der Waals surface area contributed by atoms with Gasteiger partial charge in [-0.2, -0.15) is 0 Å². The van der Waals surface area contributed by atoms with Gasteiger partial charge in [0.15, 0.2) is 16.9 Å². The lowest BCUT2D eigenvalue weighted by atomic mass is 9.86. The number of hydrogen-bond acceptors (Lipinski definition) is 6. The minimum atomic E-state index is -0.452. The first kappa shape index (κ1) is 14.1. The monoisotopic (exact) mass is 336 g/mol. The summed E-state index contributed by atoms with van der Waals surface area (Å²) in [6.45, 7) is 0.120. The van der Waals surface area contributed by atoms with Crippen LogP contribution < -0.4 is 19.6 Å². The van der Waals surface area contributed by atoms with Crippen molar-refractivity contribution in [3.63, 3.8) is 0 Å². The molecule has 1 atom stereocenters. The van der Waals surface area contributed by atoms with Crippen molar-refractivity contribution >= 4 is 16.9 Å². The Bertz CT molecular complexity index is 1080. The fraction of sp³-hybridized carbons (Fsp3) is 0.158. The van der Waals surface area contributed by atoms with Gasteiger partial charge in [0.2, 0.25) is 6.79 Å². The summed E-state index contributed by atoms with van der Waals surface area (Å²) in [5.74, 6) is 0.637. The highest BCUT2D eigenvalue weighted by Gasteiger charge is 2.33. The first-order valence-electron chi connectivity index (χ1n) is 7.85. The van der Waals surface area contributed by atoms with Gasteiger partial charge in [-0.15, -0.1) is 0 Å². The average molecular weight is 336 g/mol.